The molecule has 0 N–H and O–H groups in total. The Balaban J connectivity index is 1.32. The molecule has 43 heavy (non-hydrogen) atoms. The minimum atomic E-state index is -0.359. The lowest BCUT2D eigenvalue weighted by molar-refractivity contribution is -0.152. The highest BCUT2D eigenvalue weighted by Gasteiger charge is 2.57. The van der Waals surface area contributed by atoms with Crippen molar-refractivity contribution < 1.29 is 19.0 Å². The van der Waals surface area contributed by atoms with Crippen molar-refractivity contribution in [3.05, 3.63) is 23.3 Å². The summed E-state index contributed by atoms with van der Waals surface area (Å²) in [5.41, 5.74) is 3.42. The minimum absolute atomic E-state index is 0.00436. The van der Waals surface area contributed by atoms with E-state index < -0.39 is 0 Å². The molecule has 0 aromatic heterocycles. The number of ether oxygens (including phenoxy) is 3. The average molecular weight is 599 g/mol. The van der Waals surface area contributed by atoms with Crippen LogP contribution in [0.2, 0.25) is 0 Å². The van der Waals surface area contributed by atoms with E-state index in [0.29, 0.717) is 30.8 Å². The second kappa shape index (κ2) is 13.7. The van der Waals surface area contributed by atoms with Gasteiger partial charge in [-0.3, -0.25) is 4.79 Å². The van der Waals surface area contributed by atoms with Crippen LogP contribution >= 0.6 is 0 Å². The largest absolute Gasteiger partial charge is 0.462 e. The molecule has 0 aromatic rings. The predicted molar refractivity (Wildman–Crippen MR) is 178 cm³/mol. The third-order valence-electron chi connectivity index (χ3n) is 12.7. The molecule has 0 spiro atoms. The van der Waals surface area contributed by atoms with Crippen molar-refractivity contribution in [2.24, 2.45) is 40.4 Å². The standard InChI is InChI=1S/C39H66O4/c1-27(2)12-11-13-28(3)32-16-17-33-31-15-14-29-26-30(18-22-38(29,8)34(31)19-23-39(32,33)9)43-35(40)20-21-37(6,7)42-25-24-36(4,5)41-10/h14-15,27-28,30,32-34H,11-13,16-26H2,1-10H3/t28-,30+,32?,33?,34?,38+,39-/m1/s1. The van der Waals surface area contributed by atoms with Gasteiger partial charge in [-0.05, 0) is 119 Å². The van der Waals surface area contributed by atoms with Crippen molar-refractivity contribution in [3.8, 4) is 0 Å². The Morgan fingerprint density at radius 1 is 0.930 bits per heavy atom. The van der Waals surface area contributed by atoms with E-state index in [1.807, 2.05) is 0 Å². The summed E-state index contributed by atoms with van der Waals surface area (Å²) < 4.78 is 17.7. The number of methoxy groups -OCH3 is 1. The maximum absolute atomic E-state index is 12.9. The zero-order valence-electron chi connectivity index (χ0n) is 29.7. The van der Waals surface area contributed by atoms with Gasteiger partial charge in [-0.25, -0.2) is 0 Å². The van der Waals surface area contributed by atoms with E-state index in [1.165, 1.54) is 50.5 Å². The summed E-state index contributed by atoms with van der Waals surface area (Å²) in [6, 6.07) is 0. The van der Waals surface area contributed by atoms with E-state index >= 15 is 0 Å². The lowest BCUT2D eigenvalue weighted by Gasteiger charge is -2.55. The molecule has 246 valence electrons. The summed E-state index contributed by atoms with van der Waals surface area (Å²) in [5, 5.41) is 0. The fourth-order valence-electron chi connectivity index (χ4n) is 9.49. The van der Waals surface area contributed by atoms with Crippen molar-refractivity contribution in [1.82, 2.24) is 0 Å². The first-order chi connectivity index (χ1) is 20.1. The van der Waals surface area contributed by atoms with E-state index in [9.17, 15) is 4.79 Å². The molecule has 3 saturated carbocycles. The summed E-state index contributed by atoms with van der Waals surface area (Å²) in [5.74, 6) is 3.86. The molecule has 3 unspecified atom stereocenters. The van der Waals surface area contributed by atoms with Crippen molar-refractivity contribution in [1.29, 1.82) is 0 Å². The Morgan fingerprint density at radius 2 is 1.67 bits per heavy atom. The third kappa shape index (κ3) is 8.00. The highest BCUT2D eigenvalue weighted by molar-refractivity contribution is 5.69. The number of esters is 1. The number of hydrogen-bond acceptors (Lipinski definition) is 4. The molecule has 0 amide bonds. The number of hydrogen-bond donors (Lipinski definition) is 0. The Morgan fingerprint density at radius 3 is 2.37 bits per heavy atom. The van der Waals surface area contributed by atoms with E-state index in [1.54, 1.807) is 12.7 Å². The fourth-order valence-corrected chi connectivity index (χ4v) is 9.49. The summed E-state index contributed by atoms with van der Waals surface area (Å²) >= 11 is 0. The molecule has 0 aliphatic heterocycles. The van der Waals surface area contributed by atoms with Crippen LogP contribution in [0.3, 0.4) is 0 Å². The molecule has 4 rings (SSSR count). The lowest BCUT2D eigenvalue weighted by Crippen LogP contribution is -2.46. The van der Waals surface area contributed by atoms with Crippen molar-refractivity contribution >= 4 is 5.97 Å². The summed E-state index contributed by atoms with van der Waals surface area (Å²) in [6.45, 7) is 21.3. The zero-order chi connectivity index (χ0) is 31.6. The molecular formula is C39H66O4. The molecule has 0 saturated heterocycles. The van der Waals surface area contributed by atoms with Crippen LogP contribution in [0, 0.1) is 40.4 Å². The van der Waals surface area contributed by atoms with Crippen LogP contribution in [0.4, 0.5) is 0 Å². The number of fused-ring (bicyclic) bond motifs is 5. The second-order valence-electron chi connectivity index (χ2n) is 17.1. The molecule has 0 radical (unpaired) electrons. The van der Waals surface area contributed by atoms with E-state index in [0.717, 1.165) is 49.4 Å². The van der Waals surface area contributed by atoms with Gasteiger partial charge in [0.25, 0.3) is 0 Å². The van der Waals surface area contributed by atoms with Gasteiger partial charge in [0.15, 0.2) is 0 Å². The van der Waals surface area contributed by atoms with Crippen LogP contribution in [-0.2, 0) is 19.0 Å². The molecule has 3 fully saturated rings. The smallest absolute Gasteiger partial charge is 0.306 e. The van der Waals surface area contributed by atoms with Gasteiger partial charge < -0.3 is 14.2 Å². The van der Waals surface area contributed by atoms with Crippen LogP contribution in [0.15, 0.2) is 23.3 Å². The maximum atomic E-state index is 12.9. The van der Waals surface area contributed by atoms with Gasteiger partial charge in [0.05, 0.1) is 17.8 Å². The first kappa shape index (κ1) is 34.7. The Hall–Kier alpha value is -1.13. The first-order valence-corrected chi connectivity index (χ1v) is 17.9. The number of carbonyl (C=O) groups is 1. The molecule has 4 nitrogen and oxygen atoms in total. The van der Waals surface area contributed by atoms with Gasteiger partial charge in [0, 0.05) is 20.0 Å². The SMILES string of the molecule is COC(C)(C)CCOC(C)(C)CCC(=O)O[C@H]1CC[C@@]2(C)C(=CC=C3C4CCC([C@H](C)CCCC(C)C)[C@@]4(C)CCC32)C1. The molecule has 0 aromatic carbocycles. The number of carbonyl (C=O) groups excluding carboxylic acids is 1. The topological polar surface area (TPSA) is 44.8 Å². The Kier molecular flexibility index (Phi) is 11.1. The zero-order valence-corrected chi connectivity index (χ0v) is 29.7. The van der Waals surface area contributed by atoms with Crippen molar-refractivity contribution in [3.63, 3.8) is 0 Å². The molecule has 4 aliphatic carbocycles. The average Bonchev–Trinajstić information content (AvgIpc) is 3.29. The lowest BCUT2D eigenvalue weighted by atomic mass is 9.50. The van der Waals surface area contributed by atoms with Gasteiger partial charge in [0.2, 0.25) is 0 Å². The van der Waals surface area contributed by atoms with E-state index in [4.69, 9.17) is 14.2 Å². The van der Waals surface area contributed by atoms with Crippen LogP contribution in [0.25, 0.3) is 0 Å². The van der Waals surface area contributed by atoms with Gasteiger partial charge in [-0.2, -0.15) is 0 Å². The number of allylic oxidation sites excluding steroid dienone is 3. The Labute approximate surface area is 265 Å². The maximum Gasteiger partial charge on any atom is 0.306 e. The van der Waals surface area contributed by atoms with Crippen molar-refractivity contribution in [2.75, 3.05) is 13.7 Å². The molecule has 4 aliphatic rings. The van der Waals surface area contributed by atoms with Gasteiger partial charge >= 0.3 is 5.97 Å². The fraction of sp³-hybridized carbons (Fsp3) is 0.872. The molecule has 7 atom stereocenters. The molecule has 0 bridgehead atoms. The summed E-state index contributed by atoms with van der Waals surface area (Å²) in [7, 11) is 1.74. The highest BCUT2D eigenvalue weighted by atomic mass is 16.5. The first-order valence-electron chi connectivity index (χ1n) is 17.9. The normalized spacial score (nSPS) is 33.3. The third-order valence-corrected chi connectivity index (χ3v) is 12.7. The van der Waals surface area contributed by atoms with Crippen LogP contribution < -0.4 is 0 Å². The van der Waals surface area contributed by atoms with Gasteiger partial charge in [-0.1, -0.05) is 77.2 Å². The van der Waals surface area contributed by atoms with E-state index in [2.05, 4.69) is 74.5 Å². The van der Waals surface area contributed by atoms with Gasteiger partial charge in [0.1, 0.15) is 6.10 Å². The highest BCUT2D eigenvalue weighted by Crippen LogP contribution is 2.66. The quantitative estimate of drug-likeness (QED) is 0.187. The number of rotatable bonds is 14. The van der Waals surface area contributed by atoms with Crippen LogP contribution in [0.5, 0.6) is 0 Å². The minimum Gasteiger partial charge on any atom is -0.462 e. The second-order valence-corrected chi connectivity index (χ2v) is 17.1. The summed E-state index contributed by atoms with van der Waals surface area (Å²) in [6.07, 6.45) is 19.5. The van der Waals surface area contributed by atoms with Gasteiger partial charge in [-0.15, -0.1) is 0 Å². The van der Waals surface area contributed by atoms with Crippen molar-refractivity contribution in [2.45, 2.75) is 163 Å². The molecular weight excluding hydrogens is 532 g/mol. The van der Waals surface area contributed by atoms with E-state index in [-0.39, 0.29) is 28.7 Å². The molecule has 0 heterocycles. The predicted octanol–water partition coefficient (Wildman–Crippen LogP) is 10.3. The molecule has 4 heteroatoms. The van der Waals surface area contributed by atoms with Crippen LogP contribution in [0.1, 0.15) is 146 Å². The van der Waals surface area contributed by atoms with Crippen LogP contribution in [-0.4, -0.2) is 37.0 Å². The Bertz CT molecular complexity index is 1020. The monoisotopic (exact) mass is 598 g/mol. The summed E-state index contributed by atoms with van der Waals surface area (Å²) in [4.78, 5) is 12.9.